The standard InChI is InChI=1S/C24H38O2Si/c1-8-9-10-11-18-15-21-23(22(16-18)26-27(5,6)7)19-14-17(2)12-13-20(19)24(3,4)25-21/h14-16,19-20H,8-13H2,1-7H3/t19-,20-/m1/s1. The fourth-order valence-corrected chi connectivity index (χ4v) is 5.53. The SMILES string of the molecule is CCCCCc1cc2c(c(O[Si](C)(C)C)c1)[C@@H]1C=C(C)CC[C@H]1C(C)(C)O2. The second-order valence-corrected chi connectivity index (χ2v) is 14.5. The van der Waals surface area contributed by atoms with Gasteiger partial charge in [0.25, 0.3) is 0 Å². The normalized spacial score (nSPS) is 23.7. The van der Waals surface area contributed by atoms with Gasteiger partial charge in [-0.3, -0.25) is 0 Å². The molecule has 0 aromatic heterocycles. The number of aryl methyl sites for hydroxylation is 1. The largest absolute Gasteiger partial charge is 0.544 e. The number of unbranched alkanes of at least 4 members (excludes halogenated alkanes) is 2. The molecule has 0 fully saturated rings. The van der Waals surface area contributed by atoms with Crippen molar-refractivity contribution < 1.29 is 9.16 Å². The Labute approximate surface area is 167 Å². The molecule has 0 amide bonds. The molecule has 2 atom stereocenters. The van der Waals surface area contributed by atoms with Crippen LogP contribution in [0.15, 0.2) is 23.8 Å². The van der Waals surface area contributed by atoms with Crippen LogP contribution < -0.4 is 9.16 Å². The number of hydrogen-bond acceptors (Lipinski definition) is 2. The molecule has 3 rings (SSSR count). The molecule has 0 unspecified atom stereocenters. The predicted octanol–water partition coefficient (Wildman–Crippen LogP) is 7.24. The number of hydrogen-bond donors (Lipinski definition) is 0. The average Bonchev–Trinajstić information content (AvgIpc) is 2.52. The zero-order chi connectivity index (χ0) is 19.8. The molecule has 2 aliphatic rings. The third-order valence-corrected chi connectivity index (χ3v) is 6.83. The fraction of sp³-hybridized carbons (Fsp3) is 0.667. The van der Waals surface area contributed by atoms with Crippen molar-refractivity contribution in [3.8, 4) is 11.5 Å². The maximum Gasteiger partial charge on any atom is 0.242 e. The quantitative estimate of drug-likeness (QED) is 0.291. The van der Waals surface area contributed by atoms with Crippen molar-refractivity contribution in [2.45, 2.75) is 97.4 Å². The summed E-state index contributed by atoms with van der Waals surface area (Å²) < 4.78 is 13.3. The molecular weight excluding hydrogens is 348 g/mol. The lowest BCUT2D eigenvalue weighted by Crippen LogP contribution is -2.45. The van der Waals surface area contributed by atoms with Gasteiger partial charge < -0.3 is 9.16 Å². The van der Waals surface area contributed by atoms with Crippen molar-refractivity contribution in [2.24, 2.45) is 5.92 Å². The first-order valence-electron chi connectivity index (χ1n) is 10.8. The summed E-state index contributed by atoms with van der Waals surface area (Å²) in [6.07, 6.45) is 9.74. The highest BCUT2D eigenvalue weighted by atomic mass is 28.4. The van der Waals surface area contributed by atoms with Crippen LogP contribution in [-0.2, 0) is 6.42 Å². The lowest BCUT2D eigenvalue weighted by Gasteiger charge is -2.47. The second-order valence-electron chi connectivity index (χ2n) is 10.1. The summed E-state index contributed by atoms with van der Waals surface area (Å²) >= 11 is 0. The molecule has 0 saturated carbocycles. The molecule has 1 heterocycles. The highest BCUT2D eigenvalue weighted by Crippen LogP contribution is 2.54. The maximum atomic E-state index is 6.63. The lowest BCUT2D eigenvalue weighted by atomic mass is 9.68. The Kier molecular flexibility index (Phi) is 5.81. The monoisotopic (exact) mass is 386 g/mol. The minimum absolute atomic E-state index is 0.132. The molecule has 0 saturated heterocycles. The van der Waals surface area contributed by atoms with E-state index < -0.39 is 8.32 Å². The molecule has 27 heavy (non-hydrogen) atoms. The van der Waals surface area contributed by atoms with Gasteiger partial charge in [0.15, 0.2) is 0 Å². The zero-order valence-corrected chi connectivity index (χ0v) is 19.4. The zero-order valence-electron chi connectivity index (χ0n) is 18.4. The number of ether oxygens (including phenoxy) is 1. The Morgan fingerprint density at radius 1 is 1.19 bits per heavy atom. The molecule has 2 nitrogen and oxygen atoms in total. The summed E-state index contributed by atoms with van der Waals surface area (Å²) in [6.45, 7) is 15.9. The Hall–Kier alpha value is -1.22. The molecule has 3 heteroatoms. The van der Waals surface area contributed by atoms with Crippen LogP contribution >= 0.6 is 0 Å². The van der Waals surface area contributed by atoms with Crippen molar-refractivity contribution in [3.63, 3.8) is 0 Å². The number of allylic oxidation sites excluding steroid dienone is 2. The van der Waals surface area contributed by atoms with E-state index in [1.807, 2.05) is 0 Å². The maximum absolute atomic E-state index is 6.63. The molecule has 0 spiro atoms. The lowest BCUT2D eigenvalue weighted by molar-refractivity contribution is 0.0110. The Balaban J connectivity index is 2.09. The summed E-state index contributed by atoms with van der Waals surface area (Å²) in [5.74, 6) is 3.08. The molecule has 0 N–H and O–H groups in total. The highest BCUT2D eigenvalue weighted by Gasteiger charge is 2.45. The number of fused-ring (bicyclic) bond motifs is 3. The topological polar surface area (TPSA) is 18.5 Å². The van der Waals surface area contributed by atoms with E-state index in [2.05, 4.69) is 65.5 Å². The van der Waals surface area contributed by atoms with E-state index in [9.17, 15) is 0 Å². The van der Waals surface area contributed by atoms with Crippen LogP contribution in [0.2, 0.25) is 19.6 Å². The molecule has 0 bridgehead atoms. The first-order valence-corrected chi connectivity index (χ1v) is 14.2. The van der Waals surface area contributed by atoms with E-state index in [0.29, 0.717) is 11.8 Å². The Bertz CT molecular complexity index is 712. The predicted molar refractivity (Wildman–Crippen MR) is 118 cm³/mol. The summed E-state index contributed by atoms with van der Waals surface area (Å²) in [6, 6.07) is 4.63. The third kappa shape index (κ3) is 4.61. The summed E-state index contributed by atoms with van der Waals surface area (Å²) in [5, 5.41) is 0. The van der Waals surface area contributed by atoms with Gasteiger partial charge in [-0.1, -0.05) is 31.4 Å². The molecule has 1 aromatic carbocycles. The minimum atomic E-state index is -1.70. The molecule has 0 radical (unpaired) electrons. The van der Waals surface area contributed by atoms with Gasteiger partial charge in [-0.25, -0.2) is 0 Å². The van der Waals surface area contributed by atoms with Crippen LogP contribution in [0.3, 0.4) is 0 Å². The van der Waals surface area contributed by atoms with Crippen LogP contribution in [0.5, 0.6) is 11.5 Å². The van der Waals surface area contributed by atoms with Gasteiger partial charge in [-0.05, 0) is 83.8 Å². The molecule has 150 valence electrons. The fourth-order valence-electron chi connectivity index (χ4n) is 4.70. The van der Waals surface area contributed by atoms with Crippen LogP contribution in [0, 0.1) is 5.92 Å². The van der Waals surface area contributed by atoms with Gasteiger partial charge in [0.2, 0.25) is 8.32 Å². The smallest absolute Gasteiger partial charge is 0.242 e. The Morgan fingerprint density at radius 2 is 1.93 bits per heavy atom. The number of benzene rings is 1. The van der Waals surface area contributed by atoms with Crippen molar-refractivity contribution >= 4 is 8.32 Å². The van der Waals surface area contributed by atoms with Crippen LogP contribution in [0.4, 0.5) is 0 Å². The van der Waals surface area contributed by atoms with E-state index in [4.69, 9.17) is 9.16 Å². The van der Waals surface area contributed by atoms with Crippen molar-refractivity contribution in [1.29, 1.82) is 0 Å². The van der Waals surface area contributed by atoms with Crippen molar-refractivity contribution in [3.05, 3.63) is 34.9 Å². The third-order valence-electron chi connectivity index (χ3n) is 6.00. The second kappa shape index (κ2) is 7.65. The molecule has 1 aromatic rings. The van der Waals surface area contributed by atoms with Crippen LogP contribution in [0.1, 0.15) is 76.8 Å². The first kappa shape index (κ1) is 20.5. The van der Waals surface area contributed by atoms with E-state index >= 15 is 0 Å². The summed E-state index contributed by atoms with van der Waals surface area (Å²) in [5.41, 5.74) is 4.04. The summed E-state index contributed by atoms with van der Waals surface area (Å²) in [7, 11) is -1.70. The van der Waals surface area contributed by atoms with Crippen LogP contribution in [0.25, 0.3) is 0 Å². The average molecular weight is 387 g/mol. The van der Waals surface area contributed by atoms with Gasteiger partial charge in [0, 0.05) is 17.4 Å². The van der Waals surface area contributed by atoms with Gasteiger partial charge >= 0.3 is 0 Å². The Morgan fingerprint density at radius 3 is 2.59 bits per heavy atom. The van der Waals surface area contributed by atoms with Crippen LogP contribution in [-0.4, -0.2) is 13.9 Å². The highest BCUT2D eigenvalue weighted by molar-refractivity contribution is 6.70. The van der Waals surface area contributed by atoms with Gasteiger partial charge in [-0.15, -0.1) is 0 Å². The van der Waals surface area contributed by atoms with E-state index in [0.717, 1.165) is 17.9 Å². The molecule has 1 aliphatic carbocycles. The van der Waals surface area contributed by atoms with Gasteiger partial charge in [0.05, 0.1) is 0 Å². The van der Waals surface area contributed by atoms with Crippen molar-refractivity contribution in [2.75, 3.05) is 0 Å². The molecule has 1 aliphatic heterocycles. The van der Waals surface area contributed by atoms with E-state index in [1.165, 1.54) is 48.8 Å². The van der Waals surface area contributed by atoms with E-state index in [-0.39, 0.29) is 5.60 Å². The molecular formula is C24H38O2Si. The van der Waals surface area contributed by atoms with Gasteiger partial charge in [0.1, 0.15) is 17.1 Å². The number of rotatable bonds is 6. The van der Waals surface area contributed by atoms with Gasteiger partial charge in [-0.2, -0.15) is 0 Å². The van der Waals surface area contributed by atoms with Crippen molar-refractivity contribution in [1.82, 2.24) is 0 Å². The minimum Gasteiger partial charge on any atom is -0.544 e. The summed E-state index contributed by atoms with van der Waals surface area (Å²) in [4.78, 5) is 0. The van der Waals surface area contributed by atoms with E-state index in [1.54, 1.807) is 0 Å². The first-order chi connectivity index (χ1) is 12.6.